The summed E-state index contributed by atoms with van der Waals surface area (Å²) in [6.45, 7) is 0.387. The lowest BCUT2D eigenvalue weighted by molar-refractivity contribution is -0.204. The van der Waals surface area contributed by atoms with Crippen molar-refractivity contribution in [2.24, 2.45) is 0 Å². The van der Waals surface area contributed by atoms with Crippen LogP contribution in [0.25, 0.3) is 0 Å². The van der Waals surface area contributed by atoms with Crippen LogP contribution in [0.2, 0.25) is 0 Å². The zero-order valence-electron chi connectivity index (χ0n) is 13.2. The van der Waals surface area contributed by atoms with Crippen LogP contribution >= 0.6 is 0 Å². The van der Waals surface area contributed by atoms with Crippen LogP contribution in [-0.2, 0) is 19.8 Å². The highest BCUT2D eigenvalue weighted by Crippen LogP contribution is 2.61. The van der Waals surface area contributed by atoms with Gasteiger partial charge in [0.1, 0.15) is 17.8 Å². The normalized spacial score (nSPS) is 35.1. The van der Waals surface area contributed by atoms with Crippen molar-refractivity contribution in [1.29, 1.82) is 0 Å². The number of rotatable bonds is 3. The van der Waals surface area contributed by atoms with Crippen LogP contribution in [0.4, 0.5) is 0 Å². The molecule has 0 radical (unpaired) electrons. The summed E-state index contributed by atoms with van der Waals surface area (Å²) in [6, 6.07) is 17.4. The Morgan fingerprint density at radius 1 is 1.04 bits per heavy atom. The summed E-state index contributed by atoms with van der Waals surface area (Å²) in [4.78, 5) is 0. The van der Waals surface area contributed by atoms with Crippen molar-refractivity contribution in [3.8, 4) is 0 Å². The minimum absolute atomic E-state index is 0.362. The first-order chi connectivity index (χ1) is 11.2. The fourth-order valence-electron chi connectivity index (χ4n) is 4.30. The molecule has 1 heterocycles. The number of hydrogen-bond donors (Lipinski definition) is 1. The van der Waals surface area contributed by atoms with Crippen LogP contribution in [0.5, 0.6) is 0 Å². The fraction of sp³-hybridized carbons (Fsp3) is 0.368. The maximum atomic E-state index is 12.0. The minimum atomic E-state index is -1.33. The van der Waals surface area contributed by atoms with Gasteiger partial charge in [-0.15, -0.1) is 0 Å². The first-order valence-electron chi connectivity index (χ1n) is 7.77. The number of aliphatic hydroxyl groups is 1. The van der Waals surface area contributed by atoms with Crippen molar-refractivity contribution >= 4 is 0 Å². The molecule has 0 unspecified atom stereocenters. The van der Waals surface area contributed by atoms with Gasteiger partial charge in [-0.1, -0.05) is 54.6 Å². The summed E-state index contributed by atoms with van der Waals surface area (Å²) >= 11 is 0. The lowest BCUT2D eigenvalue weighted by Crippen LogP contribution is -2.58. The largest absolute Gasteiger partial charge is 0.377 e. The zero-order chi connectivity index (χ0) is 16.1. The van der Waals surface area contributed by atoms with Gasteiger partial charge in [0.05, 0.1) is 6.61 Å². The average molecular weight is 312 g/mol. The second-order valence-electron chi connectivity index (χ2n) is 6.10. The van der Waals surface area contributed by atoms with E-state index in [1.165, 1.54) is 0 Å². The molecular weight excluding hydrogens is 292 g/mol. The number of methoxy groups -OCH3 is 2. The van der Waals surface area contributed by atoms with Gasteiger partial charge in [0.2, 0.25) is 0 Å². The lowest BCUT2D eigenvalue weighted by atomic mass is 9.74. The van der Waals surface area contributed by atoms with E-state index in [1.807, 2.05) is 54.6 Å². The zero-order valence-corrected chi connectivity index (χ0v) is 13.2. The summed E-state index contributed by atoms with van der Waals surface area (Å²) in [6.07, 6.45) is -0.728. The molecule has 0 amide bonds. The third-order valence-electron chi connectivity index (χ3n) is 5.29. The van der Waals surface area contributed by atoms with Crippen LogP contribution in [0.15, 0.2) is 54.6 Å². The van der Waals surface area contributed by atoms with Gasteiger partial charge in [-0.05, 0) is 16.7 Å². The molecule has 2 aromatic carbocycles. The summed E-state index contributed by atoms with van der Waals surface area (Å²) in [7, 11) is 3.25. The predicted octanol–water partition coefficient (Wildman–Crippen LogP) is 2.41. The van der Waals surface area contributed by atoms with Gasteiger partial charge in [-0.25, -0.2) is 0 Å². The summed E-state index contributed by atoms with van der Waals surface area (Å²) in [5, 5.41) is 12.0. The van der Waals surface area contributed by atoms with E-state index < -0.39 is 11.2 Å². The summed E-state index contributed by atoms with van der Waals surface area (Å²) in [5.41, 5.74) is 0.221. The Balaban J connectivity index is 2.04. The Hall–Kier alpha value is -1.72. The molecule has 2 aromatic rings. The number of fused-ring (bicyclic) bond motifs is 3. The van der Waals surface area contributed by atoms with E-state index in [0.717, 1.165) is 16.7 Å². The molecule has 1 saturated heterocycles. The smallest absolute Gasteiger partial charge is 0.163 e. The number of hydrogen-bond acceptors (Lipinski definition) is 4. The molecule has 4 rings (SSSR count). The van der Waals surface area contributed by atoms with Gasteiger partial charge in [-0.3, -0.25) is 0 Å². The molecule has 23 heavy (non-hydrogen) atoms. The molecule has 0 bridgehead atoms. The second-order valence-corrected chi connectivity index (χ2v) is 6.10. The molecule has 120 valence electrons. The number of benzene rings is 2. The van der Waals surface area contributed by atoms with Crippen molar-refractivity contribution in [3.63, 3.8) is 0 Å². The third kappa shape index (κ3) is 1.64. The first kappa shape index (κ1) is 14.8. The maximum absolute atomic E-state index is 12.0. The summed E-state index contributed by atoms with van der Waals surface area (Å²) in [5.74, 6) is 0. The van der Waals surface area contributed by atoms with Crippen LogP contribution < -0.4 is 0 Å². The summed E-state index contributed by atoms with van der Waals surface area (Å²) < 4.78 is 17.6. The molecular formula is C19H20O4. The van der Waals surface area contributed by atoms with Crippen molar-refractivity contribution in [1.82, 2.24) is 0 Å². The molecule has 1 aliphatic heterocycles. The van der Waals surface area contributed by atoms with Crippen molar-refractivity contribution in [3.05, 3.63) is 71.3 Å². The minimum Gasteiger partial charge on any atom is -0.377 e. The van der Waals surface area contributed by atoms with Crippen molar-refractivity contribution in [2.45, 2.75) is 23.4 Å². The van der Waals surface area contributed by atoms with Crippen molar-refractivity contribution < 1.29 is 19.3 Å². The molecule has 1 fully saturated rings. The topological polar surface area (TPSA) is 47.9 Å². The van der Waals surface area contributed by atoms with Crippen LogP contribution in [0, 0.1) is 0 Å². The third-order valence-corrected chi connectivity index (χ3v) is 5.29. The molecule has 1 aliphatic carbocycles. The van der Waals surface area contributed by atoms with Crippen LogP contribution in [0.1, 0.15) is 22.8 Å². The van der Waals surface area contributed by atoms with E-state index in [1.54, 1.807) is 14.2 Å². The monoisotopic (exact) mass is 312 g/mol. The highest BCUT2D eigenvalue weighted by molar-refractivity contribution is 5.53. The Labute approximate surface area is 135 Å². The van der Waals surface area contributed by atoms with Gasteiger partial charge >= 0.3 is 0 Å². The second kappa shape index (κ2) is 5.14. The van der Waals surface area contributed by atoms with E-state index >= 15 is 0 Å². The molecule has 0 spiro atoms. The molecule has 1 N–H and O–H groups in total. The quantitative estimate of drug-likeness (QED) is 0.945. The molecule has 4 nitrogen and oxygen atoms in total. The van der Waals surface area contributed by atoms with E-state index in [-0.39, 0.29) is 12.2 Å². The van der Waals surface area contributed by atoms with Gasteiger partial charge in [0.25, 0.3) is 0 Å². The maximum Gasteiger partial charge on any atom is 0.163 e. The van der Waals surface area contributed by atoms with Crippen LogP contribution in [-0.4, -0.2) is 37.6 Å². The van der Waals surface area contributed by atoms with Crippen LogP contribution in [0.3, 0.4) is 0 Å². The van der Waals surface area contributed by atoms with E-state index in [9.17, 15) is 5.11 Å². The fourth-order valence-corrected chi connectivity index (χ4v) is 4.30. The standard InChI is InChI=1S/C19H20O4/c1-21-16-12-23-17-14-10-6-7-11-15(14)18(20,19(16,17)22-2)13-8-4-3-5-9-13/h3-11,16-17,20H,12H2,1-2H3/t16-,17+,18-,19-/m0/s1. The van der Waals surface area contributed by atoms with E-state index in [0.29, 0.717) is 6.61 Å². The Kier molecular flexibility index (Phi) is 3.32. The average Bonchev–Trinajstić information content (AvgIpc) is 3.10. The van der Waals surface area contributed by atoms with E-state index in [4.69, 9.17) is 14.2 Å². The molecule has 0 aromatic heterocycles. The van der Waals surface area contributed by atoms with Gasteiger partial charge in [0, 0.05) is 14.2 Å². The Morgan fingerprint density at radius 2 is 1.74 bits per heavy atom. The first-order valence-corrected chi connectivity index (χ1v) is 7.77. The SMILES string of the molecule is CO[C@H]1CO[C@@H]2c3ccccc3[C@@](O)(c3ccccc3)[C@]12OC. The Bertz CT molecular complexity index is 716. The molecule has 4 atom stereocenters. The molecule has 4 heteroatoms. The van der Waals surface area contributed by atoms with Gasteiger partial charge < -0.3 is 19.3 Å². The Morgan fingerprint density at radius 3 is 2.43 bits per heavy atom. The lowest BCUT2D eigenvalue weighted by Gasteiger charge is -2.44. The van der Waals surface area contributed by atoms with Crippen molar-refractivity contribution in [2.75, 3.05) is 20.8 Å². The van der Waals surface area contributed by atoms with Gasteiger partial charge in [-0.2, -0.15) is 0 Å². The highest BCUT2D eigenvalue weighted by Gasteiger charge is 2.71. The molecule has 0 saturated carbocycles. The molecule has 2 aliphatic rings. The highest BCUT2D eigenvalue weighted by atomic mass is 16.6. The number of ether oxygens (including phenoxy) is 3. The van der Waals surface area contributed by atoms with Gasteiger partial charge in [0.15, 0.2) is 5.60 Å². The predicted molar refractivity (Wildman–Crippen MR) is 85.1 cm³/mol. The van der Waals surface area contributed by atoms with E-state index in [2.05, 4.69) is 0 Å².